The molecule has 0 spiro atoms. The second-order valence-electron chi connectivity index (χ2n) is 4.30. The van der Waals surface area contributed by atoms with Crippen molar-refractivity contribution in [1.29, 1.82) is 0 Å². The van der Waals surface area contributed by atoms with E-state index in [9.17, 15) is 4.79 Å². The summed E-state index contributed by atoms with van der Waals surface area (Å²) in [5.74, 6) is 1.82. The molecule has 1 saturated carbocycles. The zero-order valence-corrected chi connectivity index (χ0v) is 9.42. The highest BCUT2D eigenvalue weighted by Gasteiger charge is 2.30. The summed E-state index contributed by atoms with van der Waals surface area (Å²) in [6.45, 7) is 1.97. The molecule has 74 valence electrons. The average Bonchev–Trinajstić information content (AvgIpc) is 2.82. The summed E-state index contributed by atoms with van der Waals surface area (Å²) in [6, 6.07) is 0. The highest BCUT2D eigenvalue weighted by atomic mass is 79.9. The van der Waals surface area contributed by atoms with Crippen LogP contribution in [0.4, 0.5) is 0 Å². The summed E-state index contributed by atoms with van der Waals surface area (Å²) >= 11 is 3.48. The summed E-state index contributed by atoms with van der Waals surface area (Å²) in [6.07, 6.45) is 4.56. The Kier molecular flexibility index (Phi) is 2.92. The van der Waals surface area contributed by atoms with Crippen molar-refractivity contribution in [3.8, 4) is 0 Å². The third kappa shape index (κ3) is 2.46. The Morgan fingerprint density at radius 3 is 2.62 bits per heavy atom. The van der Waals surface area contributed by atoms with Gasteiger partial charge in [-0.2, -0.15) is 0 Å². The minimum absolute atomic E-state index is 0.394. The first-order chi connectivity index (χ1) is 6.29. The molecular weight excluding hydrogens is 230 g/mol. The van der Waals surface area contributed by atoms with Gasteiger partial charge < -0.3 is 4.90 Å². The van der Waals surface area contributed by atoms with Gasteiger partial charge >= 0.3 is 0 Å². The standard InChI is InChI=1S/C10H16BrNO/c11-6-9-3-4-12(7-9)10(13)5-8-1-2-8/h8-9H,1-7H2. The van der Waals surface area contributed by atoms with Crippen LogP contribution in [-0.4, -0.2) is 29.2 Å². The van der Waals surface area contributed by atoms with E-state index in [1.54, 1.807) is 0 Å². The van der Waals surface area contributed by atoms with Gasteiger partial charge in [-0.1, -0.05) is 15.9 Å². The maximum absolute atomic E-state index is 11.7. The molecule has 3 heteroatoms. The van der Waals surface area contributed by atoms with Crippen molar-refractivity contribution in [3.05, 3.63) is 0 Å². The number of nitrogens with zero attached hydrogens (tertiary/aromatic N) is 1. The van der Waals surface area contributed by atoms with Crippen LogP contribution >= 0.6 is 15.9 Å². The van der Waals surface area contributed by atoms with Crippen LogP contribution in [0, 0.1) is 11.8 Å². The van der Waals surface area contributed by atoms with Gasteiger partial charge in [0.1, 0.15) is 0 Å². The zero-order valence-electron chi connectivity index (χ0n) is 7.84. The van der Waals surface area contributed by atoms with Gasteiger partial charge in [0, 0.05) is 24.8 Å². The molecule has 1 atom stereocenters. The van der Waals surface area contributed by atoms with Crippen LogP contribution < -0.4 is 0 Å². The van der Waals surface area contributed by atoms with E-state index in [1.807, 2.05) is 4.90 Å². The second kappa shape index (κ2) is 3.99. The predicted molar refractivity (Wildman–Crippen MR) is 55.8 cm³/mol. The van der Waals surface area contributed by atoms with Crippen molar-refractivity contribution in [3.63, 3.8) is 0 Å². The number of alkyl halides is 1. The summed E-state index contributed by atoms with van der Waals surface area (Å²) in [7, 11) is 0. The lowest BCUT2D eigenvalue weighted by Crippen LogP contribution is -2.28. The molecule has 0 bridgehead atoms. The fraction of sp³-hybridized carbons (Fsp3) is 0.900. The Balaban J connectivity index is 1.77. The number of likely N-dealkylation sites (tertiary alicyclic amines) is 1. The van der Waals surface area contributed by atoms with Gasteiger partial charge in [-0.05, 0) is 31.1 Å². The maximum atomic E-state index is 11.7. The Bertz CT molecular complexity index is 203. The van der Waals surface area contributed by atoms with Gasteiger partial charge in [-0.3, -0.25) is 4.79 Å². The molecule has 1 heterocycles. The van der Waals surface area contributed by atoms with Crippen LogP contribution in [0.5, 0.6) is 0 Å². The van der Waals surface area contributed by atoms with Gasteiger partial charge in [-0.15, -0.1) is 0 Å². The van der Waals surface area contributed by atoms with Crippen LogP contribution in [-0.2, 0) is 4.79 Å². The van der Waals surface area contributed by atoms with E-state index >= 15 is 0 Å². The van der Waals surface area contributed by atoms with Crippen LogP contribution in [0.2, 0.25) is 0 Å². The number of carbonyl (C=O) groups excluding carboxylic acids is 1. The molecule has 0 aromatic rings. The molecule has 0 aromatic heterocycles. The van der Waals surface area contributed by atoms with E-state index in [0.29, 0.717) is 11.8 Å². The molecule has 1 amide bonds. The highest BCUT2D eigenvalue weighted by Crippen LogP contribution is 2.33. The van der Waals surface area contributed by atoms with Gasteiger partial charge in [0.05, 0.1) is 0 Å². The molecule has 2 nitrogen and oxygen atoms in total. The van der Waals surface area contributed by atoms with E-state index in [0.717, 1.165) is 30.8 Å². The SMILES string of the molecule is O=C(CC1CC1)N1CCC(CBr)C1. The van der Waals surface area contributed by atoms with Crippen molar-refractivity contribution < 1.29 is 4.79 Å². The lowest BCUT2D eigenvalue weighted by molar-refractivity contribution is -0.130. The van der Waals surface area contributed by atoms with Crippen LogP contribution in [0.15, 0.2) is 0 Å². The fourth-order valence-corrected chi connectivity index (χ4v) is 2.41. The van der Waals surface area contributed by atoms with Crippen LogP contribution in [0.3, 0.4) is 0 Å². The first kappa shape index (κ1) is 9.50. The van der Waals surface area contributed by atoms with E-state index < -0.39 is 0 Å². The summed E-state index contributed by atoms with van der Waals surface area (Å²) in [5.41, 5.74) is 0. The monoisotopic (exact) mass is 245 g/mol. The van der Waals surface area contributed by atoms with E-state index in [4.69, 9.17) is 0 Å². The largest absolute Gasteiger partial charge is 0.342 e. The minimum atomic E-state index is 0.394. The third-order valence-electron chi connectivity index (χ3n) is 3.02. The molecule has 2 aliphatic rings. The number of rotatable bonds is 3. The topological polar surface area (TPSA) is 20.3 Å². The molecule has 2 rings (SSSR count). The quantitative estimate of drug-likeness (QED) is 0.698. The van der Waals surface area contributed by atoms with E-state index in [1.165, 1.54) is 19.3 Å². The lowest BCUT2D eigenvalue weighted by Gasteiger charge is -2.15. The van der Waals surface area contributed by atoms with Crippen molar-refractivity contribution >= 4 is 21.8 Å². The molecule has 1 aliphatic carbocycles. The first-order valence-electron chi connectivity index (χ1n) is 5.13. The van der Waals surface area contributed by atoms with Crippen molar-refractivity contribution in [2.24, 2.45) is 11.8 Å². The molecule has 1 saturated heterocycles. The smallest absolute Gasteiger partial charge is 0.222 e. The number of hydrogen-bond donors (Lipinski definition) is 0. The summed E-state index contributed by atoms with van der Waals surface area (Å²) < 4.78 is 0. The summed E-state index contributed by atoms with van der Waals surface area (Å²) in [4.78, 5) is 13.7. The molecule has 0 aromatic carbocycles. The Hall–Kier alpha value is -0.0500. The minimum Gasteiger partial charge on any atom is -0.342 e. The van der Waals surface area contributed by atoms with Crippen molar-refractivity contribution in [2.45, 2.75) is 25.7 Å². The molecular formula is C10H16BrNO. The lowest BCUT2D eigenvalue weighted by atomic mass is 10.2. The van der Waals surface area contributed by atoms with Gasteiger partial charge in [0.25, 0.3) is 0 Å². The Labute approximate surface area is 87.8 Å². The molecule has 1 aliphatic heterocycles. The molecule has 0 radical (unpaired) electrons. The fourth-order valence-electron chi connectivity index (χ4n) is 1.88. The summed E-state index contributed by atoms with van der Waals surface area (Å²) in [5, 5.41) is 1.04. The first-order valence-corrected chi connectivity index (χ1v) is 6.25. The molecule has 0 N–H and O–H groups in total. The third-order valence-corrected chi connectivity index (χ3v) is 3.93. The number of hydrogen-bond acceptors (Lipinski definition) is 1. The average molecular weight is 246 g/mol. The van der Waals surface area contributed by atoms with Crippen LogP contribution in [0.25, 0.3) is 0 Å². The second-order valence-corrected chi connectivity index (χ2v) is 4.94. The van der Waals surface area contributed by atoms with Crippen molar-refractivity contribution in [1.82, 2.24) is 4.90 Å². The molecule has 2 fully saturated rings. The number of halogens is 1. The van der Waals surface area contributed by atoms with Crippen LogP contribution in [0.1, 0.15) is 25.7 Å². The van der Waals surface area contributed by atoms with Gasteiger partial charge in [-0.25, -0.2) is 0 Å². The molecule has 1 unspecified atom stereocenters. The van der Waals surface area contributed by atoms with Crippen molar-refractivity contribution in [2.75, 3.05) is 18.4 Å². The van der Waals surface area contributed by atoms with Gasteiger partial charge in [0.15, 0.2) is 0 Å². The predicted octanol–water partition coefficient (Wildman–Crippen LogP) is 2.03. The number of carbonyl (C=O) groups is 1. The Morgan fingerprint density at radius 1 is 1.31 bits per heavy atom. The van der Waals surface area contributed by atoms with E-state index in [-0.39, 0.29) is 0 Å². The maximum Gasteiger partial charge on any atom is 0.222 e. The normalized spacial score (nSPS) is 28.1. The zero-order chi connectivity index (χ0) is 9.26. The highest BCUT2D eigenvalue weighted by molar-refractivity contribution is 9.09. The Morgan fingerprint density at radius 2 is 2.08 bits per heavy atom. The van der Waals surface area contributed by atoms with E-state index in [2.05, 4.69) is 15.9 Å². The number of amides is 1. The van der Waals surface area contributed by atoms with Gasteiger partial charge in [0.2, 0.25) is 5.91 Å². The molecule has 13 heavy (non-hydrogen) atoms.